The number of halogens is 4. The molecule has 174 valence electrons. The number of carbonyl (C=O) groups excluding carboxylic acids is 1. The van der Waals surface area contributed by atoms with Gasteiger partial charge in [-0.05, 0) is 17.7 Å². The number of aromatic nitrogens is 2. The van der Waals surface area contributed by atoms with Crippen LogP contribution in [0, 0.1) is 0 Å². The lowest BCUT2D eigenvalue weighted by Crippen LogP contribution is -2.35. The Hall–Kier alpha value is -3.40. The lowest BCUT2D eigenvalue weighted by Gasteiger charge is -2.33. The predicted molar refractivity (Wildman–Crippen MR) is 117 cm³/mol. The fourth-order valence-corrected chi connectivity index (χ4v) is 4.01. The van der Waals surface area contributed by atoms with Gasteiger partial charge in [-0.1, -0.05) is 41.9 Å². The third kappa shape index (κ3) is 4.43. The molecule has 33 heavy (non-hydrogen) atoms. The van der Waals surface area contributed by atoms with Gasteiger partial charge in [-0.3, -0.25) is 4.79 Å². The number of methoxy groups -OCH3 is 2. The van der Waals surface area contributed by atoms with Crippen molar-refractivity contribution in [2.24, 2.45) is 0 Å². The molecule has 0 aliphatic carbocycles. The van der Waals surface area contributed by atoms with Crippen molar-refractivity contribution in [3.8, 4) is 11.5 Å². The molecule has 0 unspecified atom stereocenters. The highest BCUT2D eigenvalue weighted by Gasteiger charge is 2.47. The fourth-order valence-electron chi connectivity index (χ4n) is 3.74. The Labute approximate surface area is 192 Å². The van der Waals surface area contributed by atoms with Crippen LogP contribution in [-0.4, -0.2) is 36.1 Å². The first-order valence-corrected chi connectivity index (χ1v) is 10.3. The third-order valence-electron chi connectivity index (χ3n) is 5.35. The summed E-state index contributed by atoms with van der Waals surface area (Å²) >= 11 is 6.36. The minimum atomic E-state index is -4.59. The summed E-state index contributed by atoms with van der Waals surface area (Å²) in [5, 5.41) is 9.34. The highest BCUT2D eigenvalue weighted by atomic mass is 35.5. The zero-order valence-corrected chi connectivity index (χ0v) is 18.4. The Morgan fingerprint density at radius 3 is 2.48 bits per heavy atom. The lowest BCUT2D eigenvalue weighted by molar-refractivity contribution is -0.173. The van der Waals surface area contributed by atoms with Crippen LogP contribution >= 0.6 is 11.6 Å². The predicted octanol–water partition coefficient (Wildman–Crippen LogP) is 5.47. The standard InChI is InChI=1S/C22H20ClF3N4O3/c1-32-15-9-8-13(10-16(15)33-2)27-21(31)19-18(23)20-28-14(12-6-4-3-5-7-12)11-17(22(24,25)26)30(20)29-19/h3-10,14,17,28H,11H2,1-2H3,(H,27,31)/t14-,17-/m0/s1. The second kappa shape index (κ2) is 8.86. The molecule has 0 saturated carbocycles. The summed E-state index contributed by atoms with van der Waals surface area (Å²) in [5.41, 5.74) is 0.686. The van der Waals surface area contributed by atoms with Crippen molar-refractivity contribution in [3.63, 3.8) is 0 Å². The van der Waals surface area contributed by atoms with Crippen LogP contribution in [-0.2, 0) is 0 Å². The van der Waals surface area contributed by atoms with Crippen molar-refractivity contribution in [2.45, 2.75) is 24.7 Å². The molecule has 4 rings (SSSR count). The quantitative estimate of drug-likeness (QED) is 0.506. The van der Waals surface area contributed by atoms with Gasteiger partial charge in [0.2, 0.25) is 0 Å². The SMILES string of the molecule is COc1ccc(NC(=O)c2nn3c(c2Cl)N[C@H](c2ccccc2)C[C@H]3C(F)(F)F)cc1OC. The van der Waals surface area contributed by atoms with E-state index in [4.69, 9.17) is 21.1 Å². The van der Waals surface area contributed by atoms with Crippen LogP contribution in [0.4, 0.5) is 24.7 Å². The molecule has 0 saturated heterocycles. The van der Waals surface area contributed by atoms with Gasteiger partial charge in [0, 0.05) is 18.2 Å². The smallest absolute Gasteiger partial charge is 0.410 e. The molecule has 7 nitrogen and oxygen atoms in total. The van der Waals surface area contributed by atoms with Gasteiger partial charge in [-0.25, -0.2) is 4.68 Å². The number of anilines is 2. The number of nitrogens with one attached hydrogen (secondary N) is 2. The molecule has 1 aliphatic heterocycles. The van der Waals surface area contributed by atoms with Crippen LogP contribution in [0.15, 0.2) is 48.5 Å². The van der Waals surface area contributed by atoms with Crippen molar-refractivity contribution in [2.75, 3.05) is 24.9 Å². The van der Waals surface area contributed by atoms with Crippen LogP contribution < -0.4 is 20.1 Å². The fraction of sp³-hybridized carbons (Fsp3) is 0.273. The topological polar surface area (TPSA) is 77.4 Å². The molecular weight excluding hydrogens is 461 g/mol. The second-order valence-electron chi connectivity index (χ2n) is 7.38. The van der Waals surface area contributed by atoms with E-state index in [2.05, 4.69) is 15.7 Å². The molecule has 0 fully saturated rings. The van der Waals surface area contributed by atoms with E-state index in [0.29, 0.717) is 22.7 Å². The van der Waals surface area contributed by atoms with E-state index in [1.807, 2.05) is 0 Å². The largest absolute Gasteiger partial charge is 0.493 e. The van der Waals surface area contributed by atoms with E-state index in [1.54, 1.807) is 42.5 Å². The molecule has 2 atom stereocenters. The van der Waals surface area contributed by atoms with Gasteiger partial charge in [0.05, 0.1) is 20.3 Å². The maximum Gasteiger partial charge on any atom is 0.410 e. The Balaban J connectivity index is 1.67. The Bertz CT molecular complexity index is 1170. The molecular formula is C22H20ClF3N4O3. The van der Waals surface area contributed by atoms with Crippen molar-refractivity contribution in [3.05, 3.63) is 64.8 Å². The average Bonchev–Trinajstić information content (AvgIpc) is 3.14. The van der Waals surface area contributed by atoms with E-state index in [-0.39, 0.29) is 23.0 Å². The van der Waals surface area contributed by atoms with Gasteiger partial charge >= 0.3 is 6.18 Å². The number of fused-ring (bicyclic) bond motifs is 1. The molecule has 0 bridgehead atoms. The average molecular weight is 481 g/mol. The Morgan fingerprint density at radius 1 is 1.15 bits per heavy atom. The van der Waals surface area contributed by atoms with Crippen LogP contribution in [0.25, 0.3) is 0 Å². The van der Waals surface area contributed by atoms with E-state index in [1.165, 1.54) is 20.3 Å². The van der Waals surface area contributed by atoms with E-state index in [0.717, 1.165) is 4.68 Å². The highest BCUT2D eigenvalue weighted by Crippen LogP contribution is 2.46. The van der Waals surface area contributed by atoms with Gasteiger partial charge in [0.25, 0.3) is 5.91 Å². The molecule has 0 radical (unpaired) electrons. The minimum absolute atomic E-state index is 0.0587. The van der Waals surface area contributed by atoms with Crippen LogP contribution in [0.2, 0.25) is 5.02 Å². The van der Waals surface area contributed by atoms with Crippen LogP contribution in [0.1, 0.15) is 34.6 Å². The first-order valence-electron chi connectivity index (χ1n) is 9.92. The van der Waals surface area contributed by atoms with Gasteiger partial charge in [0.1, 0.15) is 10.8 Å². The zero-order valence-electron chi connectivity index (χ0n) is 17.6. The maximum absolute atomic E-state index is 13.9. The van der Waals surface area contributed by atoms with Gasteiger partial charge in [0.15, 0.2) is 23.2 Å². The van der Waals surface area contributed by atoms with Crippen molar-refractivity contribution < 1.29 is 27.4 Å². The van der Waals surface area contributed by atoms with Crippen molar-refractivity contribution >= 4 is 29.0 Å². The second-order valence-corrected chi connectivity index (χ2v) is 7.76. The maximum atomic E-state index is 13.9. The zero-order chi connectivity index (χ0) is 23.8. The number of nitrogens with zero attached hydrogens (tertiary/aromatic N) is 2. The highest BCUT2D eigenvalue weighted by molar-refractivity contribution is 6.36. The van der Waals surface area contributed by atoms with E-state index >= 15 is 0 Å². The molecule has 0 spiro atoms. The Kier molecular flexibility index (Phi) is 6.11. The molecule has 3 aromatic rings. The summed E-state index contributed by atoms with van der Waals surface area (Å²) in [6.45, 7) is 0. The number of hydrogen-bond donors (Lipinski definition) is 2. The first kappa shape index (κ1) is 22.8. The summed E-state index contributed by atoms with van der Waals surface area (Å²) in [6.07, 6.45) is -4.88. The normalized spacial score (nSPS) is 17.6. The number of ether oxygens (including phenoxy) is 2. The molecule has 2 N–H and O–H groups in total. The van der Waals surface area contributed by atoms with Gasteiger partial charge in [-0.2, -0.15) is 18.3 Å². The molecule has 1 aliphatic rings. The van der Waals surface area contributed by atoms with E-state index < -0.39 is 24.2 Å². The molecule has 2 heterocycles. The number of hydrogen-bond acceptors (Lipinski definition) is 5. The first-order chi connectivity index (χ1) is 15.7. The third-order valence-corrected chi connectivity index (χ3v) is 5.71. The number of benzene rings is 2. The monoisotopic (exact) mass is 480 g/mol. The number of alkyl halides is 3. The van der Waals surface area contributed by atoms with Gasteiger partial charge in [-0.15, -0.1) is 0 Å². The number of rotatable bonds is 5. The molecule has 1 aromatic heterocycles. The summed E-state index contributed by atoms with van der Waals surface area (Å²) in [4.78, 5) is 12.9. The Morgan fingerprint density at radius 2 is 1.85 bits per heavy atom. The molecule has 1 amide bonds. The summed E-state index contributed by atoms with van der Waals surface area (Å²) in [6, 6.07) is 10.8. The van der Waals surface area contributed by atoms with Crippen LogP contribution in [0.5, 0.6) is 11.5 Å². The number of carbonyl (C=O) groups is 1. The lowest BCUT2D eigenvalue weighted by atomic mass is 9.97. The van der Waals surface area contributed by atoms with Gasteiger partial charge < -0.3 is 20.1 Å². The molecule has 11 heteroatoms. The van der Waals surface area contributed by atoms with Crippen molar-refractivity contribution in [1.82, 2.24) is 9.78 Å². The molecule has 2 aromatic carbocycles. The van der Waals surface area contributed by atoms with E-state index in [9.17, 15) is 18.0 Å². The van der Waals surface area contributed by atoms with Crippen LogP contribution in [0.3, 0.4) is 0 Å². The summed E-state index contributed by atoms with van der Waals surface area (Å²) in [7, 11) is 2.91. The summed E-state index contributed by atoms with van der Waals surface area (Å²) < 4.78 is 52.8. The number of amides is 1. The summed E-state index contributed by atoms with van der Waals surface area (Å²) in [5.74, 6) is 0.00913. The van der Waals surface area contributed by atoms with Crippen molar-refractivity contribution in [1.29, 1.82) is 0 Å². The minimum Gasteiger partial charge on any atom is -0.493 e.